The quantitative estimate of drug-likeness (QED) is 0.755. The summed E-state index contributed by atoms with van der Waals surface area (Å²) >= 11 is 0. The molecule has 0 saturated carbocycles. The van der Waals surface area contributed by atoms with Gasteiger partial charge in [-0.1, -0.05) is 42.5 Å². The lowest BCUT2D eigenvalue weighted by atomic mass is 10.0. The molecule has 0 aliphatic carbocycles. The maximum atomic E-state index is 11.3. The Morgan fingerprint density at radius 2 is 1.79 bits per heavy atom. The lowest BCUT2D eigenvalue weighted by molar-refractivity contribution is -0.140. The highest BCUT2D eigenvalue weighted by atomic mass is 16.5. The Balaban J connectivity index is 2.10. The number of carbonyl (C=O) groups is 2. The van der Waals surface area contributed by atoms with Crippen LogP contribution in [-0.4, -0.2) is 19.0 Å². The summed E-state index contributed by atoms with van der Waals surface area (Å²) in [6.07, 6.45) is 0.921. The topological polar surface area (TPSA) is 78.6 Å². The highest BCUT2D eigenvalue weighted by molar-refractivity contribution is 5.77. The molecule has 126 valence electrons. The van der Waals surface area contributed by atoms with Crippen LogP contribution in [0.25, 0.3) is 0 Å². The fourth-order valence-corrected chi connectivity index (χ4v) is 2.34. The van der Waals surface area contributed by atoms with Gasteiger partial charge in [-0.25, -0.2) is 0 Å². The number of esters is 1. The van der Waals surface area contributed by atoms with Gasteiger partial charge in [-0.2, -0.15) is 0 Å². The number of carbonyl (C=O) groups excluding carboxylic acids is 2. The predicted octanol–water partition coefficient (Wildman–Crippen LogP) is 2.40. The Hall–Kier alpha value is -2.82. The summed E-state index contributed by atoms with van der Waals surface area (Å²) in [4.78, 5) is 22.6. The molecule has 2 rings (SSSR count). The third kappa shape index (κ3) is 5.43. The van der Waals surface area contributed by atoms with Gasteiger partial charge in [-0.05, 0) is 23.6 Å². The van der Waals surface area contributed by atoms with Gasteiger partial charge in [-0.15, -0.1) is 0 Å². The first-order chi connectivity index (χ1) is 11.6. The van der Waals surface area contributed by atoms with E-state index < -0.39 is 5.91 Å². The molecule has 0 aliphatic heterocycles. The van der Waals surface area contributed by atoms with Gasteiger partial charge in [0.05, 0.1) is 13.5 Å². The Morgan fingerprint density at radius 1 is 1.04 bits per heavy atom. The summed E-state index contributed by atoms with van der Waals surface area (Å²) in [5, 5.41) is 0. The van der Waals surface area contributed by atoms with Crippen LogP contribution in [0.3, 0.4) is 0 Å². The van der Waals surface area contributed by atoms with Crippen molar-refractivity contribution >= 4 is 11.9 Å². The molecule has 0 spiro atoms. The number of aryl methyl sites for hydroxylation is 1. The number of methoxy groups -OCH3 is 1. The van der Waals surface area contributed by atoms with E-state index in [-0.39, 0.29) is 18.8 Å². The second kappa shape index (κ2) is 8.72. The van der Waals surface area contributed by atoms with Gasteiger partial charge in [0.2, 0.25) is 5.91 Å². The van der Waals surface area contributed by atoms with E-state index in [1.54, 1.807) is 0 Å². The van der Waals surface area contributed by atoms with Crippen LogP contribution in [0.4, 0.5) is 0 Å². The van der Waals surface area contributed by atoms with Crippen LogP contribution < -0.4 is 10.5 Å². The maximum Gasteiger partial charge on any atom is 0.305 e. The second-order valence-corrected chi connectivity index (χ2v) is 5.44. The first-order valence-corrected chi connectivity index (χ1v) is 7.72. The van der Waals surface area contributed by atoms with E-state index in [9.17, 15) is 9.59 Å². The fourth-order valence-electron chi connectivity index (χ4n) is 2.34. The minimum atomic E-state index is -0.426. The number of ether oxygens (including phenoxy) is 2. The molecule has 0 atom stereocenters. The van der Waals surface area contributed by atoms with E-state index in [0.717, 1.165) is 16.7 Å². The Morgan fingerprint density at radius 3 is 2.46 bits per heavy atom. The SMILES string of the molecule is COC(=O)CCc1ccc(OCc2ccccc2)c(CC(N)=O)c1. The first-order valence-electron chi connectivity index (χ1n) is 7.72. The zero-order valence-electron chi connectivity index (χ0n) is 13.7. The number of hydrogen-bond donors (Lipinski definition) is 1. The normalized spacial score (nSPS) is 10.2. The van der Waals surface area contributed by atoms with Crippen molar-refractivity contribution in [2.24, 2.45) is 5.73 Å². The molecule has 0 radical (unpaired) electrons. The van der Waals surface area contributed by atoms with Crippen LogP contribution in [0.2, 0.25) is 0 Å². The molecule has 0 aliphatic rings. The summed E-state index contributed by atoms with van der Waals surface area (Å²) in [6.45, 7) is 0.411. The number of rotatable bonds is 8. The molecule has 2 aromatic carbocycles. The van der Waals surface area contributed by atoms with Gasteiger partial charge < -0.3 is 15.2 Å². The fraction of sp³-hybridized carbons (Fsp3) is 0.263. The summed E-state index contributed by atoms with van der Waals surface area (Å²) in [6, 6.07) is 15.3. The maximum absolute atomic E-state index is 11.3. The van der Waals surface area contributed by atoms with Crippen molar-refractivity contribution in [3.63, 3.8) is 0 Å². The van der Waals surface area contributed by atoms with Gasteiger partial charge in [0, 0.05) is 12.0 Å². The standard InChI is InChI=1S/C19H21NO4/c1-23-19(22)10-8-14-7-9-17(16(11-14)12-18(20)21)24-13-15-5-3-2-4-6-15/h2-7,9,11H,8,10,12-13H2,1H3,(H2,20,21). The molecule has 0 bridgehead atoms. The van der Waals surface area contributed by atoms with Crippen molar-refractivity contribution in [1.29, 1.82) is 0 Å². The Labute approximate surface area is 141 Å². The van der Waals surface area contributed by atoms with Crippen LogP contribution in [0.15, 0.2) is 48.5 Å². The Bertz CT molecular complexity index is 698. The van der Waals surface area contributed by atoms with Crippen molar-refractivity contribution in [3.05, 3.63) is 65.2 Å². The summed E-state index contributed by atoms with van der Waals surface area (Å²) in [5.41, 5.74) is 8.02. The average Bonchev–Trinajstić information content (AvgIpc) is 2.59. The molecule has 2 aromatic rings. The van der Waals surface area contributed by atoms with Crippen molar-refractivity contribution in [2.75, 3.05) is 7.11 Å². The van der Waals surface area contributed by atoms with Gasteiger partial charge >= 0.3 is 5.97 Å². The van der Waals surface area contributed by atoms with E-state index in [1.807, 2.05) is 48.5 Å². The van der Waals surface area contributed by atoms with E-state index in [1.165, 1.54) is 7.11 Å². The van der Waals surface area contributed by atoms with Crippen LogP contribution in [0, 0.1) is 0 Å². The van der Waals surface area contributed by atoms with Gasteiger partial charge in [0.1, 0.15) is 12.4 Å². The van der Waals surface area contributed by atoms with Gasteiger partial charge in [0.25, 0.3) is 0 Å². The largest absolute Gasteiger partial charge is 0.489 e. The van der Waals surface area contributed by atoms with Crippen molar-refractivity contribution in [1.82, 2.24) is 0 Å². The zero-order chi connectivity index (χ0) is 17.4. The minimum Gasteiger partial charge on any atom is -0.489 e. The molecule has 2 N–H and O–H groups in total. The molecule has 0 aromatic heterocycles. The number of benzene rings is 2. The van der Waals surface area contributed by atoms with E-state index >= 15 is 0 Å². The van der Waals surface area contributed by atoms with Crippen LogP contribution in [-0.2, 0) is 33.8 Å². The molecule has 1 amide bonds. The molecule has 0 unspecified atom stereocenters. The molecule has 5 nitrogen and oxygen atoms in total. The number of hydrogen-bond acceptors (Lipinski definition) is 4. The van der Waals surface area contributed by atoms with Gasteiger partial charge in [0.15, 0.2) is 0 Å². The van der Waals surface area contributed by atoms with Crippen molar-refractivity contribution in [2.45, 2.75) is 25.9 Å². The van der Waals surface area contributed by atoms with E-state index in [4.69, 9.17) is 10.5 Å². The summed E-state index contributed by atoms with van der Waals surface area (Å²) < 4.78 is 10.5. The second-order valence-electron chi connectivity index (χ2n) is 5.44. The predicted molar refractivity (Wildman–Crippen MR) is 90.5 cm³/mol. The lowest BCUT2D eigenvalue weighted by Crippen LogP contribution is -2.15. The van der Waals surface area contributed by atoms with Crippen LogP contribution in [0.5, 0.6) is 5.75 Å². The minimum absolute atomic E-state index is 0.0934. The number of nitrogens with two attached hydrogens (primary N) is 1. The third-order valence-electron chi connectivity index (χ3n) is 3.57. The van der Waals surface area contributed by atoms with E-state index in [0.29, 0.717) is 18.8 Å². The van der Waals surface area contributed by atoms with Crippen molar-refractivity contribution < 1.29 is 19.1 Å². The molecular formula is C19H21NO4. The van der Waals surface area contributed by atoms with Crippen LogP contribution >= 0.6 is 0 Å². The monoisotopic (exact) mass is 327 g/mol. The molecule has 0 saturated heterocycles. The molecule has 0 fully saturated rings. The highest BCUT2D eigenvalue weighted by Crippen LogP contribution is 2.23. The summed E-state index contributed by atoms with van der Waals surface area (Å²) in [7, 11) is 1.36. The highest BCUT2D eigenvalue weighted by Gasteiger charge is 2.10. The van der Waals surface area contributed by atoms with Crippen molar-refractivity contribution in [3.8, 4) is 5.75 Å². The van der Waals surface area contributed by atoms with E-state index in [2.05, 4.69) is 4.74 Å². The first kappa shape index (κ1) is 17.5. The smallest absolute Gasteiger partial charge is 0.305 e. The molecule has 24 heavy (non-hydrogen) atoms. The Kier molecular flexibility index (Phi) is 6.37. The zero-order valence-corrected chi connectivity index (χ0v) is 13.7. The van der Waals surface area contributed by atoms with Crippen LogP contribution in [0.1, 0.15) is 23.1 Å². The van der Waals surface area contributed by atoms with Gasteiger partial charge in [-0.3, -0.25) is 9.59 Å². The molecule has 5 heteroatoms. The average molecular weight is 327 g/mol. The lowest BCUT2D eigenvalue weighted by Gasteiger charge is -2.12. The molecule has 0 heterocycles. The third-order valence-corrected chi connectivity index (χ3v) is 3.57. The molecular weight excluding hydrogens is 306 g/mol. The number of primary amides is 1. The number of amides is 1. The summed E-state index contributed by atoms with van der Waals surface area (Å²) in [5.74, 6) is -0.0694.